The maximum absolute atomic E-state index is 8.58. The van der Waals surface area contributed by atoms with E-state index in [0.717, 1.165) is 0 Å². The molecular formula is C14H18N2. The van der Waals surface area contributed by atoms with E-state index in [-0.39, 0.29) is 5.70 Å². The van der Waals surface area contributed by atoms with Crippen molar-refractivity contribution in [1.29, 1.82) is 5.26 Å². The molecule has 0 fully saturated rings. The Balaban J connectivity index is 0. The Labute approximate surface area is 98.3 Å². The highest BCUT2D eigenvalue weighted by atomic mass is 14.7. The SMILES string of the molecule is C=C/C=C\C(=C)C(=C)/C=C(/C#N)N=C.CC. The van der Waals surface area contributed by atoms with Crippen molar-refractivity contribution >= 4 is 6.72 Å². The Kier molecular flexibility index (Phi) is 11.1. The number of allylic oxidation sites excluding steroid dienone is 7. The van der Waals surface area contributed by atoms with Crippen LogP contribution in [-0.4, -0.2) is 6.72 Å². The molecule has 0 aromatic heterocycles. The second kappa shape index (κ2) is 10.9. The number of nitriles is 1. The van der Waals surface area contributed by atoms with Crippen LogP contribution < -0.4 is 0 Å². The maximum atomic E-state index is 8.58. The lowest BCUT2D eigenvalue weighted by atomic mass is 10.1. The van der Waals surface area contributed by atoms with Crippen molar-refractivity contribution in [3.05, 3.63) is 60.9 Å². The van der Waals surface area contributed by atoms with Crippen LogP contribution in [-0.2, 0) is 0 Å². The van der Waals surface area contributed by atoms with Crippen LogP contribution in [0, 0.1) is 11.3 Å². The molecule has 0 atom stereocenters. The highest BCUT2D eigenvalue weighted by Gasteiger charge is 1.95. The monoisotopic (exact) mass is 214 g/mol. The topological polar surface area (TPSA) is 36.1 Å². The van der Waals surface area contributed by atoms with Crippen LogP contribution in [0.5, 0.6) is 0 Å². The fourth-order valence-electron chi connectivity index (χ4n) is 0.662. The van der Waals surface area contributed by atoms with Gasteiger partial charge in [-0.25, -0.2) is 0 Å². The van der Waals surface area contributed by atoms with Crippen LogP contribution in [0.1, 0.15) is 13.8 Å². The Morgan fingerprint density at radius 1 is 1.25 bits per heavy atom. The van der Waals surface area contributed by atoms with Crippen LogP contribution in [0.4, 0.5) is 0 Å². The Morgan fingerprint density at radius 2 is 1.81 bits per heavy atom. The van der Waals surface area contributed by atoms with Crippen LogP contribution in [0.2, 0.25) is 0 Å². The minimum atomic E-state index is 0.225. The molecule has 0 radical (unpaired) electrons. The lowest BCUT2D eigenvalue weighted by Gasteiger charge is -1.97. The fourth-order valence-corrected chi connectivity index (χ4v) is 0.662. The fraction of sp³-hybridized carbons (Fsp3) is 0.143. The molecule has 0 amide bonds. The summed E-state index contributed by atoms with van der Waals surface area (Å²) < 4.78 is 0. The molecule has 2 nitrogen and oxygen atoms in total. The molecular weight excluding hydrogens is 196 g/mol. The largest absolute Gasteiger partial charge is 0.253 e. The van der Waals surface area contributed by atoms with Gasteiger partial charge in [0.1, 0.15) is 11.8 Å². The summed E-state index contributed by atoms with van der Waals surface area (Å²) in [6.07, 6.45) is 6.67. The number of nitrogens with zero attached hydrogens (tertiary/aromatic N) is 2. The molecule has 0 aliphatic rings. The summed E-state index contributed by atoms with van der Waals surface area (Å²) in [7, 11) is 0. The van der Waals surface area contributed by atoms with Crippen molar-refractivity contribution in [3.8, 4) is 6.07 Å². The summed E-state index contributed by atoms with van der Waals surface area (Å²) in [6, 6.07) is 1.88. The normalized spacial score (nSPS) is 9.69. The van der Waals surface area contributed by atoms with Gasteiger partial charge in [0.25, 0.3) is 0 Å². The molecule has 0 bridgehead atoms. The molecule has 0 saturated heterocycles. The third-order valence-electron chi connectivity index (χ3n) is 1.44. The molecule has 0 saturated carbocycles. The van der Waals surface area contributed by atoms with E-state index in [9.17, 15) is 0 Å². The van der Waals surface area contributed by atoms with Gasteiger partial charge in [-0.3, -0.25) is 4.99 Å². The first-order valence-corrected chi connectivity index (χ1v) is 4.91. The van der Waals surface area contributed by atoms with Crippen LogP contribution in [0.3, 0.4) is 0 Å². The van der Waals surface area contributed by atoms with Crippen molar-refractivity contribution in [2.45, 2.75) is 13.8 Å². The zero-order valence-corrected chi connectivity index (χ0v) is 10.0. The molecule has 0 aromatic rings. The van der Waals surface area contributed by atoms with Crippen molar-refractivity contribution in [3.63, 3.8) is 0 Å². The number of hydrogen-bond donors (Lipinski definition) is 0. The number of hydrogen-bond acceptors (Lipinski definition) is 2. The van der Waals surface area contributed by atoms with Gasteiger partial charge in [-0.05, 0) is 23.9 Å². The van der Waals surface area contributed by atoms with E-state index >= 15 is 0 Å². The van der Waals surface area contributed by atoms with E-state index in [1.807, 2.05) is 19.9 Å². The van der Waals surface area contributed by atoms with Crippen LogP contribution in [0.25, 0.3) is 0 Å². The number of rotatable bonds is 5. The summed E-state index contributed by atoms with van der Waals surface area (Å²) in [4.78, 5) is 3.51. The predicted molar refractivity (Wildman–Crippen MR) is 72.2 cm³/mol. The zero-order chi connectivity index (χ0) is 13.0. The van der Waals surface area contributed by atoms with E-state index < -0.39 is 0 Å². The minimum Gasteiger partial charge on any atom is -0.253 e. The van der Waals surface area contributed by atoms with E-state index in [4.69, 9.17) is 5.26 Å². The van der Waals surface area contributed by atoms with Gasteiger partial charge >= 0.3 is 0 Å². The summed E-state index contributed by atoms with van der Waals surface area (Å²) in [6.45, 7) is 18.3. The van der Waals surface area contributed by atoms with E-state index in [2.05, 4.69) is 31.4 Å². The summed E-state index contributed by atoms with van der Waals surface area (Å²) in [5, 5.41) is 8.58. The van der Waals surface area contributed by atoms with Crippen molar-refractivity contribution in [2.75, 3.05) is 0 Å². The molecule has 0 aromatic carbocycles. The molecule has 0 aliphatic heterocycles. The molecule has 16 heavy (non-hydrogen) atoms. The maximum Gasteiger partial charge on any atom is 0.140 e. The quantitative estimate of drug-likeness (QED) is 0.387. The van der Waals surface area contributed by atoms with Gasteiger partial charge in [0.15, 0.2) is 0 Å². The van der Waals surface area contributed by atoms with Crippen molar-refractivity contribution in [2.24, 2.45) is 4.99 Å². The molecule has 0 N–H and O–H groups in total. The molecule has 2 heteroatoms. The predicted octanol–water partition coefficient (Wildman–Crippen LogP) is 3.98. The first kappa shape index (κ1) is 16.3. The van der Waals surface area contributed by atoms with Crippen LogP contribution in [0.15, 0.2) is 65.9 Å². The summed E-state index contributed by atoms with van der Waals surface area (Å²) >= 11 is 0. The van der Waals surface area contributed by atoms with Crippen molar-refractivity contribution < 1.29 is 0 Å². The minimum absolute atomic E-state index is 0.225. The first-order valence-electron chi connectivity index (χ1n) is 4.91. The molecule has 0 heterocycles. The van der Waals surface area contributed by atoms with Crippen molar-refractivity contribution in [1.82, 2.24) is 0 Å². The highest BCUT2D eigenvalue weighted by molar-refractivity contribution is 5.48. The van der Waals surface area contributed by atoms with E-state index in [1.54, 1.807) is 18.2 Å². The molecule has 0 unspecified atom stereocenters. The second-order valence-corrected chi connectivity index (χ2v) is 2.44. The molecule has 0 aliphatic carbocycles. The Hall–Kier alpha value is -2.14. The Morgan fingerprint density at radius 3 is 2.19 bits per heavy atom. The van der Waals surface area contributed by atoms with E-state index in [0.29, 0.717) is 11.1 Å². The van der Waals surface area contributed by atoms with E-state index in [1.165, 1.54) is 6.08 Å². The van der Waals surface area contributed by atoms with Gasteiger partial charge in [-0.15, -0.1) is 0 Å². The van der Waals surface area contributed by atoms with Gasteiger partial charge < -0.3 is 0 Å². The van der Waals surface area contributed by atoms with Gasteiger partial charge in [0.2, 0.25) is 0 Å². The lowest BCUT2D eigenvalue weighted by Crippen LogP contribution is -1.80. The first-order chi connectivity index (χ1) is 7.65. The standard InChI is InChI=1S/C12H12N2.C2H6/c1-5-6-7-10(2)11(3)8-12(9-13)14-4;1-2/h5-8H,1-4H2;1-2H3/b7-6-,12-8-;. The second-order valence-electron chi connectivity index (χ2n) is 2.44. The van der Waals surface area contributed by atoms with Gasteiger partial charge in [0.05, 0.1) is 0 Å². The lowest BCUT2D eigenvalue weighted by molar-refractivity contribution is 1.38. The van der Waals surface area contributed by atoms with Gasteiger partial charge in [0, 0.05) is 0 Å². The van der Waals surface area contributed by atoms with Crippen LogP contribution >= 0.6 is 0 Å². The number of aliphatic imine (C=N–C) groups is 1. The molecule has 84 valence electrons. The third kappa shape index (κ3) is 7.28. The van der Waals surface area contributed by atoms with Gasteiger partial charge in [-0.1, -0.05) is 51.8 Å². The average Bonchev–Trinajstić information content (AvgIpc) is 2.34. The third-order valence-corrected chi connectivity index (χ3v) is 1.44. The molecule has 0 rings (SSSR count). The smallest absolute Gasteiger partial charge is 0.140 e. The zero-order valence-electron chi connectivity index (χ0n) is 10.0. The van der Waals surface area contributed by atoms with Gasteiger partial charge in [-0.2, -0.15) is 5.26 Å². The average molecular weight is 214 g/mol. The summed E-state index contributed by atoms with van der Waals surface area (Å²) in [5.74, 6) is 0. The Bertz CT molecular complexity index is 363. The highest BCUT2D eigenvalue weighted by Crippen LogP contribution is 2.11. The summed E-state index contributed by atoms with van der Waals surface area (Å²) in [5.41, 5.74) is 1.57. The molecule has 0 spiro atoms.